The van der Waals surface area contributed by atoms with Crippen molar-refractivity contribution in [1.82, 2.24) is 5.16 Å². The van der Waals surface area contributed by atoms with Crippen molar-refractivity contribution < 1.29 is 4.52 Å². The summed E-state index contributed by atoms with van der Waals surface area (Å²) in [5, 5.41) is 4.97. The molecule has 0 saturated carbocycles. The Hall–Kier alpha value is -1.51. The third-order valence-corrected chi connectivity index (χ3v) is 1.94. The number of benzene rings is 1. The number of fused-ring (bicyclic) bond motifs is 1. The van der Waals surface area contributed by atoms with Crippen molar-refractivity contribution in [1.29, 1.82) is 0 Å². The minimum Gasteiger partial charge on any atom is -0.359 e. The second-order valence-corrected chi connectivity index (χ2v) is 3.23. The van der Waals surface area contributed by atoms with Gasteiger partial charge in [-0.15, -0.1) is 0 Å². The molecule has 0 N–H and O–H groups in total. The molecule has 2 rings (SSSR count). The fourth-order valence-electron chi connectivity index (χ4n) is 1.30. The van der Waals surface area contributed by atoms with Gasteiger partial charge in [-0.1, -0.05) is 11.2 Å². The summed E-state index contributed by atoms with van der Waals surface area (Å²) >= 11 is 0. The van der Waals surface area contributed by atoms with Crippen molar-refractivity contribution in [2.45, 2.75) is 0 Å². The second kappa shape index (κ2) is 2.76. The van der Waals surface area contributed by atoms with Crippen LogP contribution >= 0.6 is 0 Å². The minimum absolute atomic E-state index is 0.802. The Kier molecular flexibility index (Phi) is 1.72. The molecule has 0 saturated heterocycles. The second-order valence-electron chi connectivity index (χ2n) is 3.23. The number of aromatic nitrogens is 1. The lowest BCUT2D eigenvalue weighted by Gasteiger charge is -2.06. The Morgan fingerprint density at radius 1 is 1.38 bits per heavy atom. The molecule has 1 aromatic carbocycles. The van der Waals surface area contributed by atoms with E-state index in [0.717, 1.165) is 22.4 Å². The molecule has 0 unspecified atom stereocenters. The third kappa shape index (κ3) is 1.26. The molecule has 0 amide bonds. The third-order valence-electron chi connectivity index (χ3n) is 1.94. The summed E-state index contributed by atoms with van der Waals surface area (Å²) in [7, 11) is 3.88. The quantitative estimate of drug-likeness (QED) is 0.664. The van der Waals surface area contributed by atoms with Crippen molar-refractivity contribution >= 4 is 16.8 Å². The summed E-state index contributed by atoms with van der Waals surface area (Å²) in [6.07, 6.45) is 0. The van der Waals surface area contributed by atoms with Crippen LogP contribution in [0.5, 0.6) is 0 Å². The number of nitrogens with zero attached hydrogens (tertiary/aromatic N) is 2. The van der Waals surface area contributed by atoms with Gasteiger partial charge in [0.25, 0.3) is 0 Å². The van der Waals surface area contributed by atoms with Crippen LogP contribution in [0.1, 0.15) is 5.56 Å². The van der Waals surface area contributed by atoms with Gasteiger partial charge < -0.3 is 9.42 Å². The van der Waals surface area contributed by atoms with Crippen molar-refractivity contribution in [2.24, 2.45) is 0 Å². The molecule has 1 heterocycles. The maximum Gasteiger partial charge on any atom is 0.179 e. The average molecular weight is 175 g/mol. The zero-order valence-corrected chi connectivity index (χ0v) is 7.74. The summed E-state index contributed by atoms with van der Waals surface area (Å²) in [6.45, 7) is 3.86. The van der Waals surface area contributed by atoms with Gasteiger partial charge in [0.15, 0.2) is 11.4 Å². The Morgan fingerprint density at radius 3 is 2.85 bits per heavy atom. The van der Waals surface area contributed by atoms with E-state index in [-0.39, 0.29) is 0 Å². The van der Waals surface area contributed by atoms with Gasteiger partial charge in [0.05, 0.1) is 5.39 Å². The van der Waals surface area contributed by atoms with Crippen LogP contribution < -0.4 is 4.90 Å². The van der Waals surface area contributed by atoms with Gasteiger partial charge in [-0.3, -0.25) is 0 Å². The predicted octanol–water partition coefficient (Wildman–Crippen LogP) is 2.08. The van der Waals surface area contributed by atoms with Gasteiger partial charge in [0, 0.05) is 14.1 Å². The van der Waals surface area contributed by atoms with E-state index in [1.54, 1.807) is 0 Å². The van der Waals surface area contributed by atoms with Crippen LogP contribution in [0.15, 0.2) is 22.7 Å². The maximum absolute atomic E-state index is 5.15. The Labute approximate surface area is 76.9 Å². The molecule has 0 spiro atoms. The Bertz CT molecular complexity index is 431. The molecular formula is C10H11N2O. The molecule has 0 aliphatic rings. The molecule has 3 heteroatoms. The van der Waals surface area contributed by atoms with E-state index in [1.807, 2.05) is 37.2 Å². The summed E-state index contributed by atoms with van der Waals surface area (Å²) in [6, 6.07) is 5.77. The highest BCUT2D eigenvalue weighted by molar-refractivity contribution is 5.88. The lowest BCUT2D eigenvalue weighted by Crippen LogP contribution is -2.08. The van der Waals surface area contributed by atoms with Crippen molar-refractivity contribution in [2.75, 3.05) is 19.0 Å². The molecule has 67 valence electrons. The van der Waals surface area contributed by atoms with Gasteiger partial charge >= 0.3 is 0 Å². The first kappa shape index (κ1) is 8.10. The predicted molar refractivity (Wildman–Crippen MR) is 52.8 cm³/mol. The molecule has 2 aromatic rings. The standard InChI is InChI=1S/C10H11N2O/c1-7-4-5-9-8(6-7)10(11-13-9)12(2)3/h4-6H,1H2,2-3H3. The van der Waals surface area contributed by atoms with Crippen LogP contribution in [0.4, 0.5) is 5.82 Å². The monoisotopic (exact) mass is 175 g/mol. The van der Waals surface area contributed by atoms with Gasteiger partial charge in [-0.05, 0) is 24.6 Å². The van der Waals surface area contributed by atoms with Gasteiger partial charge in [-0.25, -0.2) is 0 Å². The van der Waals surface area contributed by atoms with Crippen LogP contribution in [0.3, 0.4) is 0 Å². The fourth-order valence-corrected chi connectivity index (χ4v) is 1.30. The van der Waals surface area contributed by atoms with E-state index >= 15 is 0 Å². The molecule has 0 fully saturated rings. The van der Waals surface area contributed by atoms with Gasteiger partial charge in [0.1, 0.15) is 0 Å². The van der Waals surface area contributed by atoms with Crippen molar-refractivity contribution in [3.8, 4) is 0 Å². The summed E-state index contributed by atoms with van der Waals surface area (Å²) in [4.78, 5) is 1.92. The summed E-state index contributed by atoms with van der Waals surface area (Å²) in [5.41, 5.74) is 1.77. The molecule has 1 radical (unpaired) electrons. The van der Waals surface area contributed by atoms with Crippen LogP contribution in [-0.2, 0) is 0 Å². The average Bonchev–Trinajstić information content (AvgIpc) is 2.46. The van der Waals surface area contributed by atoms with Crippen LogP contribution in [-0.4, -0.2) is 19.3 Å². The highest BCUT2D eigenvalue weighted by Gasteiger charge is 2.08. The molecule has 13 heavy (non-hydrogen) atoms. The minimum atomic E-state index is 0.802. The molecule has 0 bridgehead atoms. The zero-order valence-electron chi connectivity index (χ0n) is 7.74. The molecular weight excluding hydrogens is 164 g/mol. The van der Waals surface area contributed by atoms with E-state index in [0.29, 0.717) is 0 Å². The van der Waals surface area contributed by atoms with E-state index in [4.69, 9.17) is 4.52 Å². The van der Waals surface area contributed by atoms with E-state index < -0.39 is 0 Å². The van der Waals surface area contributed by atoms with Gasteiger partial charge in [-0.2, -0.15) is 0 Å². The van der Waals surface area contributed by atoms with Gasteiger partial charge in [0.2, 0.25) is 0 Å². The van der Waals surface area contributed by atoms with E-state index in [1.165, 1.54) is 0 Å². The lowest BCUT2D eigenvalue weighted by molar-refractivity contribution is 0.457. The topological polar surface area (TPSA) is 29.3 Å². The largest absolute Gasteiger partial charge is 0.359 e. The summed E-state index contributed by atoms with van der Waals surface area (Å²) < 4.78 is 5.15. The van der Waals surface area contributed by atoms with E-state index in [9.17, 15) is 0 Å². The van der Waals surface area contributed by atoms with Crippen molar-refractivity contribution in [3.63, 3.8) is 0 Å². The summed E-state index contributed by atoms with van der Waals surface area (Å²) in [5.74, 6) is 0.848. The van der Waals surface area contributed by atoms with Crippen molar-refractivity contribution in [3.05, 3.63) is 30.7 Å². The maximum atomic E-state index is 5.15. The zero-order chi connectivity index (χ0) is 9.42. The highest BCUT2D eigenvalue weighted by Crippen LogP contribution is 2.25. The number of hydrogen-bond donors (Lipinski definition) is 0. The number of hydrogen-bond acceptors (Lipinski definition) is 3. The molecule has 0 atom stereocenters. The Morgan fingerprint density at radius 2 is 2.15 bits per heavy atom. The highest BCUT2D eigenvalue weighted by atomic mass is 16.5. The lowest BCUT2D eigenvalue weighted by atomic mass is 10.2. The molecule has 0 aliphatic heterocycles. The number of rotatable bonds is 1. The van der Waals surface area contributed by atoms with Crippen LogP contribution in [0, 0.1) is 6.92 Å². The molecule has 1 aromatic heterocycles. The number of anilines is 1. The van der Waals surface area contributed by atoms with Crippen LogP contribution in [0.2, 0.25) is 0 Å². The molecule has 0 aliphatic carbocycles. The SMILES string of the molecule is [CH2]c1ccc2onc(N(C)C)c2c1. The van der Waals surface area contributed by atoms with Crippen LogP contribution in [0.25, 0.3) is 11.0 Å². The first-order chi connectivity index (χ1) is 6.18. The Balaban J connectivity index is 2.71. The first-order valence-corrected chi connectivity index (χ1v) is 4.07. The first-order valence-electron chi connectivity index (χ1n) is 4.07. The molecule has 3 nitrogen and oxygen atoms in total. The fraction of sp³-hybridized carbons (Fsp3) is 0.200. The smallest absolute Gasteiger partial charge is 0.179 e. The van der Waals surface area contributed by atoms with E-state index in [2.05, 4.69) is 12.1 Å². The normalized spacial score (nSPS) is 10.7.